The van der Waals surface area contributed by atoms with Crippen LogP contribution in [0.2, 0.25) is 0 Å². The van der Waals surface area contributed by atoms with E-state index >= 15 is 0 Å². The Labute approximate surface area is 132 Å². The lowest BCUT2D eigenvalue weighted by Crippen LogP contribution is -2.51. The van der Waals surface area contributed by atoms with Crippen molar-refractivity contribution >= 4 is 17.3 Å². The van der Waals surface area contributed by atoms with Crippen LogP contribution in [0.1, 0.15) is 63.3 Å². The Hall–Kier alpha value is -0.870. The smallest absolute Gasteiger partial charge is 0.305 e. The van der Waals surface area contributed by atoms with Gasteiger partial charge in [0.05, 0.1) is 6.42 Å². The van der Waals surface area contributed by atoms with Gasteiger partial charge in [-0.15, -0.1) is 11.3 Å². The first kappa shape index (κ1) is 16.5. The molecule has 1 aliphatic carbocycles. The van der Waals surface area contributed by atoms with Crippen LogP contribution < -0.4 is 0 Å². The summed E-state index contributed by atoms with van der Waals surface area (Å²) in [4.78, 5) is 15.2. The van der Waals surface area contributed by atoms with Gasteiger partial charge in [0.1, 0.15) is 0 Å². The molecule has 3 nitrogen and oxygen atoms in total. The lowest BCUT2D eigenvalue weighted by atomic mass is 9.76. The van der Waals surface area contributed by atoms with Crippen molar-refractivity contribution in [3.8, 4) is 0 Å². The van der Waals surface area contributed by atoms with Crippen molar-refractivity contribution < 1.29 is 9.90 Å². The van der Waals surface area contributed by atoms with E-state index in [-0.39, 0.29) is 12.0 Å². The van der Waals surface area contributed by atoms with Gasteiger partial charge in [-0.3, -0.25) is 9.69 Å². The topological polar surface area (TPSA) is 40.5 Å². The maximum Gasteiger partial charge on any atom is 0.305 e. The molecule has 1 fully saturated rings. The molecule has 1 aliphatic rings. The number of rotatable bonds is 6. The molecule has 1 atom stereocenters. The van der Waals surface area contributed by atoms with Crippen LogP contribution in [0, 0.1) is 5.92 Å². The molecule has 21 heavy (non-hydrogen) atoms. The summed E-state index contributed by atoms with van der Waals surface area (Å²) < 4.78 is 0. The lowest BCUT2D eigenvalue weighted by molar-refractivity contribution is -0.142. The van der Waals surface area contributed by atoms with Crippen molar-refractivity contribution in [2.45, 2.75) is 64.0 Å². The summed E-state index contributed by atoms with van der Waals surface area (Å²) >= 11 is 1.78. The monoisotopic (exact) mass is 309 g/mol. The van der Waals surface area contributed by atoms with Gasteiger partial charge in [0.15, 0.2) is 0 Å². The third-order valence-electron chi connectivity index (χ3n) is 4.90. The minimum absolute atomic E-state index is 0.178. The predicted octanol–water partition coefficient (Wildman–Crippen LogP) is 4.55. The second-order valence-corrected chi connectivity index (χ2v) is 7.65. The highest BCUT2D eigenvalue weighted by atomic mass is 32.1. The molecule has 1 heterocycles. The van der Waals surface area contributed by atoms with Crippen LogP contribution in [-0.4, -0.2) is 28.6 Å². The second kappa shape index (κ2) is 6.93. The first-order chi connectivity index (χ1) is 9.96. The molecule has 1 saturated carbocycles. The van der Waals surface area contributed by atoms with Gasteiger partial charge in [-0.2, -0.15) is 0 Å². The predicted molar refractivity (Wildman–Crippen MR) is 87.7 cm³/mol. The Morgan fingerprint density at radius 3 is 2.52 bits per heavy atom. The van der Waals surface area contributed by atoms with E-state index in [1.54, 1.807) is 11.3 Å². The summed E-state index contributed by atoms with van der Waals surface area (Å²) in [6, 6.07) is 4.58. The minimum atomic E-state index is -0.669. The number of hydrogen-bond acceptors (Lipinski definition) is 3. The third kappa shape index (κ3) is 3.67. The van der Waals surface area contributed by atoms with Crippen molar-refractivity contribution in [1.29, 1.82) is 0 Å². The fourth-order valence-corrected chi connectivity index (χ4v) is 4.91. The van der Waals surface area contributed by atoms with Gasteiger partial charge >= 0.3 is 5.97 Å². The molecule has 0 bridgehead atoms. The normalized spacial score (nSPS) is 19.9. The molecule has 2 rings (SSSR count). The van der Waals surface area contributed by atoms with E-state index in [4.69, 9.17) is 0 Å². The molecule has 0 saturated heterocycles. The second-order valence-electron chi connectivity index (χ2n) is 6.67. The number of hydrogen-bond donors (Lipinski definition) is 1. The standard InChI is InChI=1S/C17H27NO2S/c1-13(2)16(14-8-7-11-21-14)18(3)17(12-15(19)20)9-5-4-6-10-17/h7-8,11,13,16H,4-6,9-10,12H2,1-3H3,(H,19,20). The highest BCUT2D eigenvalue weighted by Crippen LogP contribution is 2.43. The van der Waals surface area contributed by atoms with Crippen LogP contribution in [-0.2, 0) is 4.79 Å². The van der Waals surface area contributed by atoms with E-state index < -0.39 is 5.97 Å². The highest BCUT2D eigenvalue weighted by Gasteiger charge is 2.42. The molecule has 1 unspecified atom stereocenters. The van der Waals surface area contributed by atoms with Gasteiger partial charge in [0.25, 0.3) is 0 Å². The number of aliphatic carboxylic acids is 1. The molecule has 1 N–H and O–H groups in total. The molecule has 1 aromatic heterocycles. The number of carbonyl (C=O) groups is 1. The summed E-state index contributed by atoms with van der Waals surface area (Å²) in [5.74, 6) is -0.196. The first-order valence-corrected chi connectivity index (χ1v) is 8.82. The van der Waals surface area contributed by atoms with Crippen LogP contribution in [0.25, 0.3) is 0 Å². The largest absolute Gasteiger partial charge is 0.481 e. The number of carboxylic acids is 1. The molecule has 4 heteroatoms. The van der Waals surface area contributed by atoms with E-state index in [2.05, 4.69) is 43.3 Å². The number of carboxylic acid groups (broad SMARTS) is 1. The molecule has 0 aliphatic heterocycles. The van der Waals surface area contributed by atoms with Crippen LogP contribution >= 0.6 is 11.3 Å². The summed E-state index contributed by atoms with van der Waals surface area (Å²) in [5.41, 5.74) is -0.178. The van der Waals surface area contributed by atoms with Gasteiger partial charge in [-0.1, -0.05) is 39.2 Å². The van der Waals surface area contributed by atoms with Crippen molar-refractivity contribution in [2.24, 2.45) is 5.92 Å². The van der Waals surface area contributed by atoms with Crippen LogP contribution in [0.5, 0.6) is 0 Å². The lowest BCUT2D eigenvalue weighted by Gasteiger charge is -2.48. The van der Waals surface area contributed by atoms with Crippen molar-refractivity contribution in [3.05, 3.63) is 22.4 Å². The quantitative estimate of drug-likeness (QED) is 0.837. The molecule has 0 amide bonds. The number of thiophene rings is 1. The Kier molecular flexibility index (Phi) is 5.44. The molecule has 0 aromatic carbocycles. The Morgan fingerprint density at radius 1 is 1.38 bits per heavy atom. The molecule has 1 aromatic rings. The van der Waals surface area contributed by atoms with E-state index in [9.17, 15) is 9.90 Å². The van der Waals surface area contributed by atoms with Crippen molar-refractivity contribution in [1.82, 2.24) is 4.90 Å². The SMILES string of the molecule is CC(C)C(c1cccs1)N(C)C1(CC(=O)O)CCCCC1. The van der Waals surface area contributed by atoms with E-state index in [0.717, 1.165) is 25.7 Å². The fraction of sp³-hybridized carbons (Fsp3) is 0.706. The summed E-state index contributed by atoms with van der Waals surface area (Å²) in [6.07, 6.45) is 5.80. The van der Waals surface area contributed by atoms with Gasteiger partial charge in [0, 0.05) is 16.5 Å². The van der Waals surface area contributed by atoms with Crippen LogP contribution in [0.15, 0.2) is 17.5 Å². The summed E-state index contributed by atoms with van der Waals surface area (Å²) in [7, 11) is 2.14. The van der Waals surface area contributed by atoms with Crippen molar-refractivity contribution in [3.63, 3.8) is 0 Å². The van der Waals surface area contributed by atoms with E-state index in [1.807, 2.05) is 0 Å². The highest BCUT2D eigenvalue weighted by molar-refractivity contribution is 7.10. The average molecular weight is 309 g/mol. The minimum Gasteiger partial charge on any atom is -0.481 e. The van der Waals surface area contributed by atoms with E-state index in [1.165, 1.54) is 11.3 Å². The Morgan fingerprint density at radius 2 is 2.05 bits per heavy atom. The van der Waals surface area contributed by atoms with Crippen molar-refractivity contribution in [2.75, 3.05) is 7.05 Å². The van der Waals surface area contributed by atoms with Crippen LogP contribution in [0.4, 0.5) is 0 Å². The number of nitrogens with zero attached hydrogens (tertiary/aromatic N) is 1. The molecule has 118 valence electrons. The Balaban J connectivity index is 2.30. The van der Waals surface area contributed by atoms with E-state index in [0.29, 0.717) is 12.0 Å². The van der Waals surface area contributed by atoms with Gasteiger partial charge in [-0.25, -0.2) is 0 Å². The van der Waals surface area contributed by atoms with Gasteiger partial charge in [-0.05, 0) is 37.3 Å². The maximum absolute atomic E-state index is 11.4. The van der Waals surface area contributed by atoms with Crippen LogP contribution in [0.3, 0.4) is 0 Å². The fourth-order valence-electron chi connectivity index (χ4n) is 3.87. The summed E-state index contributed by atoms with van der Waals surface area (Å²) in [6.45, 7) is 4.47. The summed E-state index contributed by atoms with van der Waals surface area (Å²) in [5, 5.41) is 11.5. The van der Waals surface area contributed by atoms with Gasteiger partial charge in [0.2, 0.25) is 0 Å². The molecule has 0 radical (unpaired) electrons. The maximum atomic E-state index is 11.4. The van der Waals surface area contributed by atoms with Gasteiger partial charge < -0.3 is 5.11 Å². The average Bonchev–Trinajstić information content (AvgIpc) is 2.92. The molecular formula is C17H27NO2S. The Bertz CT molecular complexity index is 449. The first-order valence-electron chi connectivity index (χ1n) is 7.94. The molecular weight excluding hydrogens is 282 g/mol. The zero-order valence-electron chi connectivity index (χ0n) is 13.3. The zero-order valence-corrected chi connectivity index (χ0v) is 14.2. The zero-order chi connectivity index (χ0) is 15.5. The third-order valence-corrected chi connectivity index (χ3v) is 5.84. The molecule has 0 spiro atoms.